The summed E-state index contributed by atoms with van der Waals surface area (Å²) in [5, 5.41) is 15.4. The van der Waals surface area contributed by atoms with E-state index in [4.69, 9.17) is 16.1 Å². The van der Waals surface area contributed by atoms with Crippen molar-refractivity contribution in [1.82, 2.24) is 20.8 Å². The third-order valence-corrected chi connectivity index (χ3v) is 4.84. The van der Waals surface area contributed by atoms with Crippen LogP contribution in [0.15, 0.2) is 50.6 Å². The zero-order valence-corrected chi connectivity index (χ0v) is 16.1. The summed E-state index contributed by atoms with van der Waals surface area (Å²) >= 11 is 7.60. The highest BCUT2D eigenvalue weighted by Gasteiger charge is 2.10. The van der Waals surface area contributed by atoms with Gasteiger partial charge < -0.3 is 15.2 Å². The van der Waals surface area contributed by atoms with Gasteiger partial charge in [-0.05, 0) is 52.6 Å². The molecule has 1 unspecified atom stereocenters. The first-order valence-electron chi connectivity index (χ1n) is 8.21. The Bertz CT molecular complexity index is 845. The molecule has 0 fully saturated rings. The molecular formula is C18H20ClN5OS. The lowest BCUT2D eigenvalue weighted by atomic mass is 10.1. The van der Waals surface area contributed by atoms with E-state index in [2.05, 4.69) is 49.5 Å². The molecule has 0 aliphatic heterocycles. The Morgan fingerprint density at radius 3 is 2.77 bits per heavy atom. The minimum Gasteiger partial charge on any atom is -0.356 e. The maximum Gasteiger partial charge on any atom is 0.246 e. The molecule has 1 aromatic carbocycles. The molecule has 2 aromatic heterocycles. The lowest BCUT2D eigenvalue weighted by molar-refractivity contribution is 0.375. The normalized spacial score (nSPS) is 12.8. The van der Waals surface area contributed by atoms with Crippen molar-refractivity contribution in [1.29, 1.82) is 0 Å². The molecule has 3 rings (SSSR count). The van der Waals surface area contributed by atoms with Gasteiger partial charge in [-0.3, -0.25) is 4.99 Å². The van der Waals surface area contributed by atoms with Gasteiger partial charge in [0.25, 0.3) is 0 Å². The number of halogens is 1. The van der Waals surface area contributed by atoms with Crippen LogP contribution in [0.3, 0.4) is 0 Å². The topological polar surface area (TPSA) is 75.3 Å². The summed E-state index contributed by atoms with van der Waals surface area (Å²) in [6.45, 7) is 3.36. The lowest BCUT2D eigenvalue weighted by Crippen LogP contribution is -2.38. The number of benzene rings is 1. The Balaban J connectivity index is 1.52. The number of hydrogen-bond acceptors (Lipinski definition) is 5. The smallest absolute Gasteiger partial charge is 0.246 e. The molecule has 0 saturated carbocycles. The van der Waals surface area contributed by atoms with Gasteiger partial charge in [-0.2, -0.15) is 16.3 Å². The summed E-state index contributed by atoms with van der Waals surface area (Å²) in [4.78, 5) is 8.61. The Morgan fingerprint density at radius 1 is 1.27 bits per heavy atom. The molecule has 26 heavy (non-hydrogen) atoms. The third-order valence-electron chi connectivity index (χ3n) is 3.89. The largest absolute Gasteiger partial charge is 0.356 e. The van der Waals surface area contributed by atoms with Crippen molar-refractivity contribution in [3.05, 3.63) is 57.6 Å². The molecule has 0 aliphatic rings. The highest BCUT2D eigenvalue weighted by Crippen LogP contribution is 2.19. The molecule has 8 heteroatoms. The molecule has 0 saturated heterocycles. The SMILES string of the molecule is CN=C(NCc1nc(-c2ccc(Cl)cc2)no1)NCC(C)c1ccsc1. The summed E-state index contributed by atoms with van der Waals surface area (Å²) < 4.78 is 5.29. The Labute approximate surface area is 161 Å². The zero-order chi connectivity index (χ0) is 18.4. The van der Waals surface area contributed by atoms with E-state index in [-0.39, 0.29) is 0 Å². The van der Waals surface area contributed by atoms with Crippen LogP contribution in [-0.2, 0) is 6.54 Å². The second-order valence-electron chi connectivity index (χ2n) is 5.78. The molecular weight excluding hydrogens is 370 g/mol. The fourth-order valence-corrected chi connectivity index (χ4v) is 3.25. The second kappa shape index (κ2) is 8.82. The van der Waals surface area contributed by atoms with Gasteiger partial charge in [0.15, 0.2) is 5.96 Å². The maximum atomic E-state index is 5.90. The highest BCUT2D eigenvalue weighted by atomic mass is 35.5. The lowest BCUT2D eigenvalue weighted by Gasteiger charge is -2.14. The van der Waals surface area contributed by atoms with Crippen LogP contribution in [0.2, 0.25) is 5.02 Å². The van der Waals surface area contributed by atoms with Crippen LogP contribution >= 0.6 is 22.9 Å². The number of guanidine groups is 1. The number of rotatable bonds is 6. The van der Waals surface area contributed by atoms with E-state index in [0.717, 1.165) is 12.1 Å². The summed E-state index contributed by atoms with van der Waals surface area (Å²) in [6, 6.07) is 9.45. The average Bonchev–Trinajstić information content (AvgIpc) is 3.34. The van der Waals surface area contributed by atoms with Gasteiger partial charge in [0.2, 0.25) is 11.7 Å². The first-order valence-corrected chi connectivity index (χ1v) is 9.53. The molecule has 0 spiro atoms. The van der Waals surface area contributed by atoms with Gasteiger partial charge >= 0.3 is 0 Å². The molecule has 6 nitrogen and oxygen atoms in total. The van der Waals surface area contributed by atoms with Gasteiger partial charge in [0.1, 0.15) is 0 Å². The second-order valence-corrected chi connectivity index (χ2v) is 7.00. The fraction of sp³-hybridized carbons (Fsp3) is 0.278. The average molecular weight is 390 g/mol. The summed E-state index contributed by atoms with van der Waals surface area (Å²) in [5.74, 6) is 2.12. The van der Waals surface area contributed by atoms with Gasteiger partial charge in [0, 0.05) is 24.2 Å². The minimum absolute atomic E-state index is 0.396. The van der Waals surface area contributed by atoms with E-state index in [0.29, 0.717) is 35.2 Å². The first-order chi connectivity index (χ1) is 12.7. The van der Waals surface area contributed by atoms with E-state index < -0.39 is 0 Å². The standard InChI is InChI=1S/C18H20ClN5OS/c1-12(14-7-8-26-11-14)9-21-18(20-2)22-10-16-23-17(24-25-16)13-3-5-15(19)6-4-13/h3-8,11-12H,9-10H2,1-2H3,(H2,20,21,22). The molecule has 0 bridgehead atoms. The summed E-state index contributed by atoms with van der Waals surface area (Å²) in [6.07, 6.45) is 0. The monoisotopic (exact) mass is 389 g/mol. The van der Waals surface area contributed by atoms with Gasteiger partial charge in [-0.1, -0.05) is 23.7 Å². The van der Waals surface area contributed by atoms with E-state index in [9.17, 15) is 0 Å². The number of hydrogen-bond donors (Lipinski definition) is 2. The van der Waals surface area contributed by atoms with Crippen molar-refractivity contribution in [2.75, 3.05) is 13.6 Å². The van der Waals surface area contributed by atoms with Crippen LogP contribution in [-0.4, -0.2) is 29.7 Å². The quantitative estimate of drug-likeness (QED) is 0.493. The van der Waals surface area contributed by atoms with Crippen LogP contribution in [0.1, 0.15) is 24.3 Å². The predicted octanol–water partition coefficient (Wildman–Crippen LogP) is 3.92. The number of aliphatic imine (C=N–C) groups is 1. The van der Waals surface area contributed by atoms with Gasteiger partial charge in [0.05, 0.1) is 6.54 Å². The van der Waals surface area contributed by atoms with Crippen LogP contribution in [0.5, 0.6) is 0 Å². The molecule has 0 amide bonds. The van der Waals surface area contributed by atoms with Crippen molar-refractivity contribution in [3.8, 4) is 11.4 Å². The van der Waals surface area contributed by atoms with Gasteiger partial charge in [-0.25, -0.2) is 0 Å². The number of aromatic nitrogens is 2. The first kappa shape index (κ1) is 18.4. The van der Waals surface area contributed by atoms with Crippen molar-refractivity contribution in [2.24, 2.45) is 4.99 Å². The number of nitrogens with zero attached hydrogens (tertiary/aromatic N) is 3. The minimum atomic E-state index is 0.396. The van der Waals surface area contributed by atoms with Crippen molar-refractivity contribution in [3.63, 3.8) is 0 Å². The van der Waals surface area contributed by atoms with Crippen molar-refractivity contribution >= 4 is 28.9 Å². The highest BCUT2D eigenvalue weighted by molar-refractivity contribution is 7.07. The van der Waals surface area contributed by atoms with Gasteiger partial charge in [-0.15, -0.1) is 0 Å². The summed E-state index contributed by atoms with van der Waals surface area (Å²) in [7, 11) is 1.73. The molecule has 2 N–H and O–H groups in total. The Kier molecular flexibility index (Phi) is 6.25. The zero-order valence-electron chi connectivity index (χ0n) is 14.6. The van der Waals surface area contributed by atoms with Crippen LogP contribution in [0.25, 0.3) is 11.4 Å². The molecule has 136 valence electrons. The number of thiophene rings is 1. The molecule has 0 aliphatic carbocycles. The Morgan fingerprint density at radius 2 is 2.08 bits per heavy atom. The van der Waals surface area contributed by atoms with Crippen molar-refractivity contribution in [2.45, 2.75) is 19.4 Å². The van der Waals surface area contributed by atoms with Crippen LogP contribution in [0.4, 0.5) is 0 Å². The Hall–Kier alpha value is -2.38. The van der Waals surface area contributed by atoms with Crippen molar-refractivity contribution < 1.29 is 4.52 Å². The van der Waals surface area contributed by atoms with E-state index in [1.807, 2.05) is 12.1 Å². The molecule has 2 heterocycles. The van der Waals surface area contributed by atoms with Crippen LogP contribution < -0.4 is 10.6 Å². The fourth-order valence-electron chi connectivity index (χ4n) is 2.35. The molecule has 1 atom stereocenters. The molecule has 0 radical (unpaired) electrons. The maximum absolute atomic E-state index is 5.90. The van der Waals surface area contributed by atoms with E-state index >= 15 is 0 Å². The molecule has 3 aromatic rings. The van der Waals surface area contributed by atoms with Crippen LogP contribution in [0, 0.1) is 0 Å². The predicted molar refractivity (Wildman–Crippen MR) is 106 cm³/mol. The third kappa shape index (κ3) is 4.83. The summed E-state index contributed by atoms with van der Waals surface area (Å²) in [5.41, 5.74) is 2.18. The van der Waals surface area contributed by atoms with E-state index in [1.54, 1.807) is 30.5 Å². The van der Waals surface area contributed by atoms with E-state index in [1.165, 1.54) is 5.56 Å². The number of nitrogens with one attached hydrogen (secondary N) is 2.